The lowest BCUT2D eigenvalue weighted by Crippen LogP contribution is -2.41. The monoisotopic (exact) mass is 456 g/mol. The van der Waals surface area contributed by atoms with Crippen molar-refractivity contribution in [2.75, 3.05) is 11.4 Å². The van der Waals surface area contributed by atoms with E-state index >= 15 is 4.39 Å². The van der Waals surface area contributed by atoms with E-state index < -0.39 is 41.7 Å². The molecule has 2 atom stereocenters. The largest absolute Gasteiger partial charge is 0.481 e. The summed E-state index contributed by atoms with van der Waals surface area (Å²) in [4.78, 5) is 30.0. The summed E-state index contributed by atoms with van der Waals surface area (Å²) in [6.07, 6.45) is 1.76. The minimum Gasteiger partial charge on any atom is -0.481 e. The number of aliphatic carboxylic acids is 1. The predicted molar refractivity (Wildman–Crippen MR) is 113 cm³/mol. The molecule has 10 heteroatoms. The average Bonchev–Trinajstić information content (AvgIpc) is 3.17. The van der Waals surface area contributed by atoms with E-state index in [2.05, 4.69) is 10.3 Å². The molecular weight excluding hydrogens is 437 g/mol. The van der Waals surface area contributed by atoms with Crippen LogP contribution in [0.25, 0.3) is 11.3 Å². The van der Waals surface area contributed by atoms with Crippen LogP contribution in [0, 0.1) is 23.4 Å². The minimum absolute atomic E-state index is 0.0441. The second-order valence-corrected chi connectivity index (χ2v) is 8.31. The molecular formula is C23H19F3N4O3. The number of nitrogens with zero attached hydrogens (tertiary/aromatic N) is 3. The van der Waals surface area contributed by atoms with Gasteiger partial charge in [-0.15, -0.1) is 0 Å². The summed E-state index contributed by atoms with van der Waals surface area (Å²) >= 11 is 0. The van der Waals surface area contributed by atoms with E-state index in [1.54, 1.807) is 12.3 Å². The molecule has 0 bridgehead atoms. The number of fused-ring (bicyclic) bond motifs is 2. The Balaban J connectivity index is 1.67. The van der Waals surface area contributed by atoms with Gasteiger partial charge in [0.2, 0.25) is 0 Å². The molecule has 2 aliphatic heterocycles. The number of halogens is 3. The SMILES string of the molecule is C[C@H]1Cn2cc(-c3nc4c(cc3F)C(=O)C(C(=O)O)CN4c3ccc(F)cc3F)cc2CN1. The van der Waals surface area contributed by atoms with Crippen LogP contribution in [-0.4, -0.2) is 39.0 Å². The number of benzene rings is 1. The fourth-order valence-corrected chi connectivity index (χ4v) is 4.35. The lowest BCUT2D eigenvalue weighted by atomic mass is 9.92. The molecule has 0 saturated carbocycles. The number of Topliss-reactive ketones (excluding diaryl/α,β-unsaturated/α-hetero) is 1. The smallest absolute Gasteiger partial charge is 0.316 e. The van der Waals surface area contributed by atoms with E-state index in [4.69, 9.17) is 0 Å². The molecule has 33 heavy (non-hydrogen) atoms. The minimum atomic E-state index is -1.55. The Labute approximate surface area is 186 Å². The molecule has 0 amide bonds. The lowest BCUT2D eigenvalue weighted by molar-refractivity contribution is -0.139. The van der Waals surface area contributed by atoms with Crippen LogP contribution < -0.4 is 10.2 Å². The number of hydrogen-bond acceptors (Lipinski definition) is 5. The molecule has 1 unspecified atom stereocenters. The fourth-order valence-electron chi connectivity index (χ4n) is 4.35. The zero-order valence-electron chi connectivity index (χ0n) is 17.5. The van der Waals surface area contributed by atoms with Crippen molar-refractivity contribution in [2.24, 2.45) is 5.92 Å². The highest BCUT2D eigenvalue weighted by Crippen LogP contribution is 2.38. The third kappa shape index (κ3) is 3.56. The van der Waals surface area contributed by atoms with Crippen LogP contribution in [0.3, 0.4) is 0 Å². The molecule has 4 heterocycles. The number of aromatic nitrogens is 2. The number of carbonyl (C=O) groups is 2. The van der Waals surface area contributed by atoms with Gasteiger partial charge in [0.15, 0.2) is 5.78 Å². The van der Waals surface area contributed by atoms with Crippen molar-refractivity contribution >= 4 is 23.3 Å². The van der Waals surface area contributed by atoms with Crippen molar-refractivity contribution in [1.82, 2.24) is 14.9 Å². The number of pyridine rings is 1. The summed E-state index contributed by atoms with van der Waals surface area (Å²) in [5.74, 6) is -6.43. The van der Waals surface area contributed by atoms with Crippen molar-refractivity contribution in [1.29, 1.82) is 0 Å². The second-order valence-electron chi connectivity index (χ2n) is 8.31. The van der Waals surface area contributed by atoms with Crippen LogP contribution in [0.5, 0.6) is 0 Å². The summed E-state index contributed by atoms with van der Waals surface area (Å²) in [7, 11) is 0. The molecule has 0 radical (unpaired) electrons. The number of carbonyl (C=O) groups excluding carboxylic acids is 1. The molecule has 2 aliphatic rings. The van der Waals surface area contributed by atoms with Crippen molar-refractivity contribution < 1.29 is 27.9 Å². The van der Waals surface area contributed by atoms with Gasteiger partial charge in [-0.05, 0) is 31.2 Å². The third-order valence-corrected chi connectivity index (χ3v) is 6.02. The summed E-state index contributed by atoms with van der Waals surface area (Å²) in [5, 5.41) is 12.8. The van der Waals surface area contributed by atoms with Crippen molar-refractivity contribution in [3.63, 3.8) is 0 Å². The van der Waals surface area contributed by atoms with Crippen LogP contribution in [-0.2, 0) is 17.9 Å². The van der Waals surface area contributed by atoms with E-state index in [0.29, 0.717) is 24.7 Å². The first-order chi connectivity index (χ1) is 15.7. The maximum Gasteiger partial charge on any atom is 0.316 e. The maximum absolute atomic E-state index is 15.1. The number of nitrogens with one attached hydrogen (secondary N) is 1. The zero-order valence-corrected chi connectivity index (χ0v) is 17.5. The van der Waals surface area contributed by atoms with E-state index in [1.165, 1.54) is 4.90 Å². The lowest BCUT2D eigenvalue weighted by Gasteiger charge is -2.33. The van der Waals surface area contributed by atoms with Gasteiger partial charge in [-0.2, -0.15) is 0 Å². The molecule has 2 aromatic heterocycles. The number of carboxylic acid groups (broad SMARTS) is 1. The standard InChI is InChI=1S/C23H19F3N4O3/c1-11-8-29-9-12(4-14(29)7-27-11)20-18(26)6-15-21(31)16(23(32)33)10-30(22(15)28-20)19-3-2-13(24)5-17(19)25/h2-6,9,11,16,27H,7-8,10H2,1H3,(H,32,33)/t11-,16?/m0/s1. The molecule has 7 nitrogen and oxygen atoms in total. The Morgan fingerprint density at radius 2 is 1.94 bits per heavy atom. The van der Waals surface area contributed by atoms with Gasteiger partial charge in [0, 0.05) is 49.2 Å². The molecule has 0 saturated heterocycles. The summed E-state index contributed by atoms with van der Waals surface area (Å²) in [5.41, 5.74) is 0.949. The van der Waals surface area contributed by atoms with E-state index in [1.807, 2.05) is 11.5 Å². The maximum atomic E-state index is 15.1. The topological polar surface area (TPSA) is 87.5 Å². The van der Waals surface area contributed by atoms with Gasteiger partial charge >= 0.3 is 5.97 Å². The average molecular weight is 456 g/mol. The van der Waals surface area contributed by atoms with Gasteiger partial charge in [0.25, 0.3) is 0 Å². The second kappa shape index (κ2) is 7.73. The van der Waals surface area contributed by atoms with Crippen LogP contribution >= 0.6 is 0 Å². The van der Waals surface area contributed by atoms with E-state index in [0.717, 1.165) is 23.9 Å². The Morgan fingerprint density at radius 1 is 1.15 bits per heavy atom. The fraction of sp³-hybridized carbons (Fsp3) is 0.261. The zero-order chi connectivity index (χ0) is 23.4. The van der Waals surface area contributed by atoms with Crippen molar-refractivity contribution in [3.05, 3.63) is 65.2 Å². The van der Waals surface area contributed by atoms with Crippen LogP contribution in [0.1, 0.15) is 23.0 Å². The van der Waals surface area contributed by atoms with Crippen molar-refractivity contribution in [3.8, 4) is 11.3 Å². The summed E-state index contributed by atoms with van der Waals surface area (Å²) in [6, 6.07) is 5.78. The summed E-state index contributed by atoms with van der Waals surface area (Å²) < 4.78 is 45.2. The summed E-state index contributed by atoms with van der Waals surface area (Å²) in [6.45, 7) is 2.89. The van der Waals surface area contributed by atoms with Gasteiger partial charge in [0.05, 0.1) is 11.3 Å². The number of anilines is 2. The molecule has 170 valence electrons. The highest BCUT2D eigenvalue weighted by molar-refractivity contribution is 6.13. The molecule has 3 aromatic rings. The molecule has 5 rings (SSSR count). The van der Waals surface area contributed by atoms with Gasteiger partial charge < -0.3 is 19.9 Å². The Kier molecular flexibility index (Phi) is 4.97. The first-order valence-corrected chi connectivity index (χ1v) is 10.4. The number of rotatable bonds is 3. The first-order valence-electron chi connectivity index (χ1n) is 10.4. The highest BCUT2D eigenvalue weighted by atomic mass is 19.1. The van der Waals surface area contributed by atoms with E-state index in [-0.39, 0.29) is 28.8 Å². The molecule has 2 N–H and O–H groups in total. The normalized spacial score (nSPS) is 19.9. The number of hydrogen-bond donors (Lipinski definition) is 2. The van der Waals surface area contributed by atoms with Crippen LogP contribution in [0.2, 0.25) is 0 Å². The predicted octanol–water partition coefficient (Wildman–Crippen LogP) is 3.49. The Morgan fingerprint density at radius 3 is 2.67 bits per heavy atom. The molecule has 0 spiro atoms. The number of ketones is 1. The van der Waals surface area contributed by atoms with Gasteiger partial charge in [-0.3, -0.25) is 9.59 Å². The van der Waals surface area contributed by atoms with Gasteiger partial charge in [-0.25, -0.2) is 18.2 Å². The van der Waals surface area contributed by atoms with Gasteiger partial charge in [0.1, 0.15) is 34.9 Å². The number of carboxylic acids is 1. The molecule has 0 fully saturated rings. The Hall–Kier alpha value is -3.66. The third-order valence-electron chi connectivity index (χ3n) is 6.02. The first kappa shape index (κ1) is 21.2. The quantitative estimate of drug-likeness (QED) is 0.587. The van der Waals surface area contributed by atoms with Gasteiger partial charge in [-0.1, -0.05) is 0 Å². The van der Waals surface area contributed by atoms with Crippen LogP contribution in [0.4, 0.5) is 24.7 Å². The molecule has 0 aliphatic carbocycles. The van der Waals surface area contributed by atoms with E-state index in [9.17, 15) is 23.5 Å². The Bertz CT molecular complexity index is 1310. The molecule has 1 aromatic carbocycles. The van der Waals surface area contributed by atoms with Crippen LogP contribution in [0.15, 0.2) is 36.5 Å². The van der Waals surface area contributed by atoms with Crippen molar-refractivity contribution in [2.45, 2.75) is 26.1 Å². The highest BCUT2D eigenvalue weighted by Gasteiger charge is 2.40.